The predicted octanol–water partition coefficient (Wildman–Crippen LogP) is 1.43. The van der Waals surface area contributed by atoms with Crippen molar-refractivity contribution in [3.63, 3.8) is 0 Å². The quantitative estimate of drug-likeness (QED) is 0.601. The summed E-state index contributed by atoms with van der Waals surface area (Å²) in [5.74, 6) is -0.298. The van der Waals surface area contributed by atoms with Crippen LogP contribution in [0.1, 0.15) is 22.8 Å². The van der Waals surface area contributed by atoms with Crippen LogP contribution in [0.15, 0.2) is 64.6 Å². The molecule has 7 nitrogen and oxygen atoms in total. The van der Waals surface area contributed by atoms with Crippen LogP contribution in [0, 0.1) is 0 Å². The number of carbonyl (C=O) groups is 1. The van der Waals surface area contributed by atoms with Gasteiger partial charge in [-0.25, -0.2) is 13.8 Å². The van der Waals surface area contributed by atoms with Crippen LogP contribution in [0.3, 0.4) is 0 Å². The molecule has 1 fully saturated rings. The highest BCUT2D eigenvalue weighted by Crippen LogP contribution is 2.17. The monoisotopic (exact) mass is 386 g/mol. The summed E-state index contributed by atoms with van der Waals surface area (Å²) in [5, 5.41) is 7.24. The van der Waals surface area contributed by atoms with Crippen LogP contribution in [-0.4, -0.2) is 50.5 Å². The van der Waals surface area contributed by atoms with Crippen LogP contribution in [-0.2, 0) is 10.0 Å². The predicted molar refractivity (Wildman–Crippen MR) is 104 cm³/mol. The fourth-order valence-corrected chi connectivity index (χ4v) is 4.20. The van der Waals surface area contributed by atoms with Gasteiger partial charge < -0.3 is 5.32 Å². The molecular weight excluding hydrogens is 364 g/mol. The van der Waals surface area contributed by atoms with E-state index in [0.717, 1.165) is 5.56 Å². The van der Waals surface area contributed by atoms with Gasteiger partial charge in [-0.2, -0.15) is 9.41 Å². The van der Waals surface area contributed by atoms with E-state index in [2.05, 4.69) is 15.8 Å². The molecule has 1 aliphatic rings. The van der Waals surface area contributed by atoms with Gasteiger partial charge in [-0.05, 0) is 36.8 Å². The maximum atomic E-state index is 12.7. The van der Waals surface area contributed by atoms with Crippen LogP contribution >= 0.6 is 0 Å². The van der Waals surface area contributed by atoms with Gasteiger partial charge >= 0.3 is 0 Å². The van der Waals surface area contributed by atoms with Crippen LogP contribution in [0.4, 0.5) is 0 Å². The van der Waals surface area contributed by atoms with Gasteiger partial charge in [-0.15, -0.1) is 0 Å². The molecule has 8 heteroatoms. The van der Waals surface area contributed by atoms with Gasteiger partial charge in [0, 0.05) is 31.7 Å². The van der Waals surface area contributed by atoms with Gasteiger partial charge in [0.15, 0.2) is 0 Å². The Bertz CT molecular complexity index is 919. The first kappa shape index (κ1) is 19.2. The van der Waals surface area contributed by atoms with E-state index >= 15 is 0 Å². The molecule has 0 aromatic heterocycles. The topological polar surface area (TPSA) is 90.9 Å². The minimum Gasteiger partial charge on any atom is -0.314 e. The Morgan fingerprint density at radius 1 is 1.00 bits per heavy atom. The van der Waals surface area contributed by atoms with Crippen LogP contribution < -0.4 is 10.7 Å². The number of rotatable bonds is 5. The smallest absolute Gasteiger partial charge is 0.271 e. The zero-order chi connectivity index (χ0) is 19.3. The third-order valence-corrected chi connectivity index (χ3v) is 6.26. The highest BCUT2D eigenvalue weighted by Gasteiger charge is 2.25. The molecule has 0 radical (unpaired) electrons. The van der Waals surface area contributed by atoms with Crippen molar-refractivity contribution in [1.82, 2.24) is 15.0 Å². The standard InChI is InChI=1S/C19H22N4O3S/c1-15(21-22-19(24)17-5-3-2-4-6-17)16-7-9-18(10-8-16)27(25,26)23-13-11-20-12-14-23/h2-10,20H,11-14H2,1H3,(H,22,24)/b21-15-. The van der Waals surface area contributed by atoms with Crippen molar-refractivity contribution < 1.29 is 13.2 Å². The van der Waals surface area contributed by atoms with Crippen molar-refractivity contribution in [3.05, 3.63) is 65.7 Å². The van der Waals surface area contributed by atoms with E-state index in [9.17, 15) is 13.2 Å². The normalized spacial score (nSPS) is 16.1. The molecule has 1 saturated heterocycles. The fraction of sp³-hybridized carbons (Fsp3) is 0.263. The molecule has 0 atom stereocenters. The largest absolute Gasteiger partial charge is 0.314 e. The first-order chi connectivity index (χ1) is 13.0. The second-order valence-electron chi connectivity index (χ2n) is 6.18. The molecule has 0 unspecified atom stereocenters. The fourth-order valence-electron chi connectivity index (χ4n) is 2.76. The van der Waals surface area contributed by atoms with E-state index in [0.29, 0.717) is 37.5 Å². The van der Waals surface area contributed by atoms with Crippen molar-refractivity contribution in [2.24, 2.45) is 5.10 Å². The Labute approximate surface area is 159 Å². The number of benzene rings is 2. The van der Waals surface area contributed by atoms with Gasteiger partial charge in [-0.1, -0.05) is 30.3 Å². The van der Waals surface area contributed by atoms with E-state index in [-0.39, 0.29) is 10.8 Å². The number of nitrogens with zero attached hydrogens (tertiary/aromatic N) is 2. The summed E-state index contributed by atoms with van der Waals surface area (Å²) < 4.78 is 26.8. The summed E-state index contributed by atoms with van der Waals surface area (Å²) in [5.41, 5.74) is 4.36. The molecule has 0 spiro atoms. The summed E-state index contributed by atoms with van der Waals surface area (Å²) >= 11 is 0. The average molecular weight is 386 g/mol. The lowest BCUT2D eigenvalue weighted by Gasteiger charge is -2.26. The summed E-state index contributed by atoms with van der Waals surface area (Å²) in [7, 11) is -3.48. The lowest BCUT2D eigenvalue weighted by atomic mass is 10.1. The number of hydrogen-bond acceptors (Lipinski definition) is 5. The SMILES string of the molecule is C/C(=N/NC(=O)c1ccccc1)c1ccc(S(=O)(=O)N2CCNCC2)cc1. The molecule has 2 N–H and O–H groups in total. The third kappa shape index (κ3) is 4.60. The summed E-state index contributed by atoms with van der Waals surface area (Å²) in [6.07, 6.45) is 0. The molecule has 2 aromatic carbocycles. The lowest BCUT2D eigenvalue weighted by molar-refractivity contribution is 0.0955. The Balaban J connectivity index is 1.70. The number of piperazine rings is 1. The molecule has 1 amide bonds. The third-order valence-electron chi connectivity index (χ3n) is 4.35. The highest BCUT2D eigenvalue weighted by molar-refractivity contribution is 7.89. The maximum Gasteiger partial charge on any atom is 0.271 e. The number of sulfonamides is 1. The zero-order valence-corrected chi connectivity index (χ0v) is 15.9. The lowest BCUT2D eigenvalue weighted by Crippen LogP contribution is -2.46. The Hall–Kier alpha value is -2.55. The second kappa shape index (κ2) is 8.43. The van der Waals surface area contributed by atoms with Crippen LogP contribution in [0.25, 0.3) is 0 Å². The molecule has 27 heavy (non-hydrogen) atoms. The first-order valence-corrected chi connectivity index (χ1v) is 10.1. The van der Waals surface area contributed by atoms with Gasteiger partial charge in [0.1, 0.15) is 0 Å². The Kier molecular flexibility index (Phi) is 6.00. The average Bonchev–Trinajstić information content (AvgIpc) is 2.73. The molecule has 1 aliphatic heterocycles. The van der Waals surface area contributed by atoms with E-state index in [4.69, 9.17) is 0 Å². The van der Waals surface area contributed by atoms with Crippen molar-refractivity contribution in [2.45, 2.75) is 11.8 Å². The molecular formula is C19H22N4O3S. The number of nitrogens with one attached hydrogen (secondary N) is 2. The van der Waals surface area contributed by atoms with E-state index in [1.165, 1.54) is 4.31 Å². The maximum absolute atomic E-state index is 12.7. The number of carbonyl (C=O) groups excluding carboxylic acids is 1. The molecule has 1 heterocycles. The summed E-state index contributed by atoms with van der Waals surface area (Å²) in [6.45, 7) is 4.01. The van der Waals surface area contributed by atoms with Gasteiger partial charge in [0.25, 0.3) is 5.91 Å². The Morgan fingerprint density at radius 2 is 1.63 bits per heavy atom. The molecule has 142 valence electrons. The molecule has 0 bridgehead atoms. The molecule has 0 aliphatic carbocycles. The number of hydrogen-bond donors (Lipinski definition) is 2. The minimum atomic E-state index is -3.48. The number of amides is 1. The zero-order valence-electron chi connectivity index (χ0n) is 15.1. The Morgan fingerprint density at radius 3 is 2.26 bits per heavy atom. The van der Waals surface area contributed by atoms with Crippen molar-refractivity contribution in [1.29, 1.82) is 0 Å². The number of hydrazone groups is 1. The van der Waals surface area contributed by atoms with Gasteiger partial charge in [0.2, 0.25) is 10.0 Å². The van der Waals surface area contributed by atoms with Crippen molar-refractivity contribution >= 4 is 21.6 Å². The molecule has 2 aromatic rings. The summed E-state index contributed by atoms with van der Waals surface area (Å²) in [4.78, 5) is 12.3. The van der Waals surface area contributed by atoms with Crippen molar-refractivity contribution in [3.8, 4) is 0 Å². The van der Waals surface area contributed by atoms with E-state index in [1.54, 1.807) is 55.5 Å². The van der Waals surface area contributed by atoms with Crippen LogP contribution in [0.5, 0.6) is 0 Å². The first-order valence-electron chi connectivity index (χ1n) is 8.69. The van der Waals surface area contributed by atoms with Crippen molar-refractivity contribution in [2.75, 3.05) is 26.2 Å². The van der Waals surface area contributed by atoms with Gasteiger partial charge in [0.05, 0.1) is 10.6 Å². The molecule has 3 rings (SSSR count). The van der Waals surface area contributed by atoms with E-state index in [1.807, 2.05) is 6.07 Å². The highest BCUT2D eigenvalue weighted by atomic mass is 32.2. The van der Waals surface area contributed by atoms with Gasteiger partial charge in [-0.3, -0.25) is 4.79 Å². The molecule has 0 saturated carbocycles. The van der Waals surface area contributed by atoms with Crippen LogP contribution in [0.2, 0.25) is 0 Å². The minimum absolute atomic E-state index is 0.259. The summed E-state index contributed by atoms with van der Waals surface area (Å²) in [6, 6.07) is 15.3. The van der Waals surface area contributed by atoms with E-state index < -0.39 is 10.0 Å². The second-order valence-corrected chi connectivity index (χ2v) is 8.12.